The van der Waals surface area contributed by atoms with Gasteiger partial charge in [-0.2, -0.15) is 0 Å². The van der Waals surface area contributed by atoms with E-state index in [-0.39, 0.29) is 37.4 Å². The van der Waals surface area contributed by atoms with Gasteiger partial charge >= 0.3 is 0 Å². The first-order chi connectivity index (χ1) is 21.0. The van der Waals surface area contributed by atoms with Crippen LogP contribution in [0.5, 0.6) is 0 Å². The SMILES string of the molecule is Cc1cccc(N(CCCC(=O)N(Cc2cccc(Br)c2)C(Cc2ccccc2)C(=O)NC2CCCCC2)S(C)(=O)=O)c1C. The number of nitrogens with one attached hydrogen (secondary N) is 1. The monoisotopic (exact) mass is 681 g/mol. The average Bonchev–Trinajstić information content (AvgIpc) is 2.99. The summed E-state index contributed by atoms with van der Waals surface area (Å²) in [6, 6.07) is 22.6. The molecule has 1 unspecified atom stereocenters. The van der Waals surface area contributed by atoms with Gasteiger partial charge in [0.25, 0.3) is 0 Å². The van der Waals surface area contributed by atoms with Crippen LogP contribution in [0, 0.1) is 13.8 Å². The van der Waals surface area contributed by atoms with Gasteiger partial charge in [-0.3, -0.25) is 13.9 Å². The predicted molar refractivity (Wildman–Crippen MR) is 181 cm³/mol. The molecule has 236 valence electrons. The number of carbonyl (C=O) groups excluding carboxylic acids is 2. The van der Waals surface area contributed by atoms with E-state index in [1.165, 1.54) is 17.0 Å². The summed E-state index contributed by atoms with van der Waals surface area (Å²) in [5.74, 6) is -0.323. The lowest BCUT2D eigenvalue weighted by Crippen LogP contribution is -2.53. The minimum Gasteiger partial charge on any atom is -0.352 e. The number of carbonyl (C=O) groups is 2. The van der Waals surface area contributed by atoms with Crippen LogP contribution in [0.4, 0.5) is 5.69 Å². The predicted octanol–water partition coefficient (Wildman–Crippen LogP) is 6.70. The Kier molecular flexibility index (Phi) is 12.0. The van der Waals surface area contributed by atoms with Crippen molar-refractivity contribution in [2.24, 2.45) is 0 Å². The highest BCUT2D eigenvalue weighted by atomic mass is 79.9. The van der Waals surface area contributed by atoms with Crippen LogP contribution in [0.15, 0.2) is 77.3 Å². The smallest absolute Gasteiger partial charge is 0.243 e. The van der Waals surface area contributed by atoms with Crippen molar-refractivity contribution in [1.29, 1.82) is 0 Å². The molecule has 9 heteroatoms. The quantitative estimate of drug-likeness (QED) is 0.218. The van der Waals surface area contributed by atoms with E-state index in [2.05, 4.69) is 21.2 Å². The lowest BCUT2D eigenvalue weighted by atomic mass is 9.94. The highest BCUT2D eigenvalue weighted by Crippen LogP contribution is 2.26. The molecule has 0 heterocycles. The molecule has 0 aliphatic heterocycles. The summed E-state index contributed by atoms with van der Waals surface area (Å²) in [6.45, 7) is 4.29. The van der Waals surface area contributed by atoms with Gasteiger partial charge < -0.3 is 10.2 Å². The van der Waals surface area contributed by atoms with Gasteiger partial charge in [-0.1, -0.05) is 89.8 Å². The van der Waals surface area contributed by atoms with Crippen LogP contribution in [-0.2, 0) is 32.6 Å². The van der Waals surface area contributed by atoms with E-state index < -0.39 is 16.1 Å². The summed E-state index contributed by atoms with van der Waals surface area (Å²) >= 11 is 3.54. The van der Waals surface area contributed by atoms with Gasteiger partial charge in [0.1, 0.15) is 6.04 Å². The van der Waals surface area contributed by atoms with Gasteiger partial charge in [0.2, 0.25) is 21.8 Å². The van der Waals surface area contributed by atoms with Crippen molar-refractivity contribution in [3.63, 3.8) is 0 Å². The maximum absolute atomic E-state index is 14.1. The number of halogens is 1. The van der Waals surface area contributed by atoms with E-state index in [1.54, 1.807) is 11.0 Å². The van der Waals surface area contributed by atoms with Crippen LogP contribution < -0.4 is 9.62 Å². The minimum absolute atomic E-state index is 0.104. The van der Waals surface area contributed by atoms with Gasteiger partial charge in [-0.15, -0.1) is 0 Å². The Bertz CT molecular complexity index is 1520. The fourth-order valence-corrected chi connectivity index (χ4v) is 7.38. The van der Waals surface area contributed by atoms with E-state index in [4.69, 9.17) is 0 Å². The van der Waals surface area contributed by atoms with Crippen molar-refractivity contribution >= 4 is 43.5 Å². The number of nitrogens with zero attached hydrogens (tertiary/aromatic N) is 2. The summed E-state index contributed by atoms with van der Waals surface area (Å²) in [5.41, 5.74) is 4.40. The molecule has 0 spiro atoms. The van der Waals surface area contributed by atoms with Gasteiger partial charge in [-0.25, -0.2) is 8.42 Å². The van der Waals surface area contributed by atoms with Crippen molar-refractivity contribution in [2.75, 3.05) is 17.1 Å². The van der Waals surface area contributed by atoms with Gasteiger partial charge in [0, 0.05) is 36.4 Å². The van der Waals surface area contributed by atoms with Crippen LogP contribution in [0.2, 0.25) is 0 Å². The second kappa shape index (κ2) is 15.7. The fourth-order valence-electron chi connectivity index (χ4n) is 5.92. The van der Waals surface area contributed by atoms with Crippen LogP contribution in [0.25, 0.3) is 0 Å². The molecule has 1 N–H and O–H groups in total. The number of aryl methyl sites for hydroxylation is 1. The first-order valence-corrected chi connectivity index (χ1v) is 18.1. The zero-order valence-electron chi connectivity index (χ0n) is 26.0. The van der Waals surface area contributed by atoms with Crippen molar-refractivity contribution in [2.45, 2.75) is 83.8 Å². The third kappa shape index (κ3) is 9.41. The van der Waals surface area contributed by atoms with Gasteiger partial charge in [-0.05, 0) is 73.6 Å². The highest BCUT2D eigenvalue weighted by molar-refractivity contribution is 9.10. The highest BCUT2D eigenvalue weighted by Gasteiger charge is 2.32. The van der Waals surface area contributed by atoms with Gasteiger partial charge in [0.15, 0.2) is 0 Å². The van der Waals surface area contributed by atoms with Crippen molar-refractivity contribution in [1.82, 2.24) is 10.2 Å². The topological polar surface area (TPSA) is 86.8 Å². The molecule has 3 aromatic carbocycles. The molecule has 0 radical (unpaired) electrons. The summed E-state index contributed by atoms with van der Waals surface area (Å²) < 4.78 is 28.0. The minimum atomic E-state index is -3.58. The lowest BCUT2D eigenvalue weighted by Gasteiger charge is -2.34. The van der Waals surface area contributed by atoms with E-state index >= 15 is 0 Å². The molecule has 1 saturated carbocycles. The van der Waals surface area contributed by atoms with E-state index in [1.807, 2.05) is 80.6 Å². The number of rotatable bonds is 13. The van der Waals surface area contributed by atoms with Crippen LogP contribution in [0.3, 0.4) is 0 Å². The fraction of sp³-hybridized carbons (Fsp3) is 0.429. The van der Waals surface area contributed by atoms with Crippen molar-refractivity contribution < 1.29 is 18.0 Å². The molecule has 4 rings (SSSR count). The molecule has 0 saturated heterocycles. The van der Waals surface area contributed by atoms with Crippen LogP contribution in [-0.4, -0.2) is 50.0 Å². The Hall–Kier alpha value is -3.17. The number of anilines is 1. The third-order valence-electron chi connectivity index (χ3n) is 8.46. The normalized spacial score (nSPS) is 14.5. The Labute approximate surface area is 271 Å². The number of amides is 2. The molecule has 1 atom stereocenters. The lowest BCUT2D eigenvalue weighted by molar-refractivity contribution is -0.141. The molecule has 1 aliphatic rings. The molecule has 1 fully saturated rings. The molecule has 2 amide bonds. The molecular formula is C35H44BrN3O4S. The Balaban J connectivity index is 1.60. The summed E-state index contributed by atoms with van der Waals surface area (Å²) in [6.07, 6.45) is 7.26. The summed E-state index contributed by atoms with van der Waals surface area (Å²) in [4.78, 5) is 29.8. The molecule has 0 bridgehead atoms. The standard InChI is InChI=1S/C35H44BrN3O4S/c1-26-13-10-20-32(27(26)2)39(44(3,42)43)22-12-21-34(40)38(25-29-16-11-17-30(36)23-29)33(24-28-14-6-4-7-15-28)35(41)37-31-18-8-5-9-19-31/h4,6-7,10-11,13-17,20,23,31,33H,5,8-9,12,18-19,21-22,24-25H2,1-3H3,(H,37,41). The second-order valence-corrected chi connectivity index (χ2v) is 14.7. The maximum Gasteiger partial charge on any atom is 0.243 e. The number of benzene rings is 3. The first kappa shape index (κ1) is 33.7. The Morgan fingerprint density at radius 2 is 1.61 bits per heavy atom. The summed E-state index contributed by atoms with van der Waals surface area (Å²) in [7, 11) is -3.58. The van der Waals surface area contributed by atoms with E-state index in [9.17, 15) is 18.0 Å². The first-order valence-electron chi connectivity index (χ1n) is 15.4. The van der Waals surface area contributed by atoms with Crippen LogP contribution >= 0.6 is 15.9 Å². The average molecular weight is 683 g/mol. The molecule has 3 aromatic rings. The maximum atomic E-state index is 14.1. The van der Waals surface area contributed by atoms with Crippen LogP contribution in [0.1, 0.15) is 67.2 Å². The molecule has 0 aromatic heterocycles. The molecule has 44 heavy (non-hydrogen) atoms. The zero-order chi connectivity index (χ0) is 31.7. The molecule has 7 nitrogen and oxygen atoms in total. The van der Waals surface area contributed by atoms with E-state index in [0.717, 1.165) is 52.4 Å². The Morgan fingerprint density at radius 1 is 0.932 bits per heavy atom. The molecule has 1 aliphatic carbocycles. The van der Waals surface area contributed by atoms with Crippen molar-refractivity contribution in [3.8, 4) is 0 Å². The number of sulfonamides is 1. The number of hydrogen-bond acceptors (Lipinski definition) is 4. The number of hydrogen-bond donors (Lipinski definition) is 1. The molecular weight excluding hydrogens is 638 g/mol. The summed E-state index contributed by atoms with van der Waals surface area (Å²) in [5, 5.41) is 3.27. The Morgan fingerprint density at radius 3 is 2.30 bits per heavy atom. The second-order valence-electron chi connectivity index (χ2n) is 11.9. The zero-order valence-corrected chi connectivity index (χ0v) is 28.4. The third-order valence-corrected chi connectivity index (χ3v) is 10.1. The van der Waals surface area contributed by atoms with E-state index in [0.29, 0.717) is 18.5 Å². The van der Waals surface area contributed by atoms with Crippen molar-refractivity contribution in [3.05, 3.63) is 99.5 Å². The largest absolute Gasteiger partial charge is 0.352 e. The van der Waals surface area contributed by atoms with Gasteiger partial charge in [0.05, 0.1) is 11.9 Å².